The van der Waals surface area contributed by atoms with E-state index in [9.17, 15) is 9.59 Å². The van der Waals surface area contributed by atoms with Gasteiger partial charge >= 0.3 is 0 Å². The molecule has 2 heterocycles. The van der Waals surface area contributed by atoms with Gasteiger partial charge in [0.25, 0.3) is 5.91 Å². The molecule has 0 radical (unpaired) electrons. The van der Waals surface area contributed by atoms with E-state index in [0.717, 1.165) is 25.7 Å². The van der Waals surface area contributed by atoms with Gasteiger partial charge in [0.1, 0.15) is 5.75 Å². The zero-order valence-electron chi connectivity index (χ0n) is 19.3. The molecule has 180 valence electrons. The largest absolute Gasteiger partial charge is 0.484 e. The van der Waals surface area contributed by atoms with Gasteiger partial charge in [0, 0.05) is 37.9 Å². The van der Waals surface area contributed by atoms with Gasteiger partial charge < -0.3 is 24.4 Å². The highest BCUT2D eigenvalue weighted by Crippen LogP contribution is 2.35. The number of rotatable bonds is 7. The molecule has 0 spiro atoms. The fraction of sp³-hybridized carbons (Fsp3) is 0.462. The molecule has 2 aromatic rings. The lowest BCUT2D eigenvalue weighted by molar-refractivity contribution is -0.136. The third-order valence-corrected chi connectivity index (χ3v) is 6.92. The second-order valence-electron chi connectivity index (χ2n) is 9.07. The molecule has 1 saturated carbocycles. The smallest absolute Gasteiger partial charge is 0.260 e. The van der Waals surface area contributed by atoms with Crippen molar-refractivity contribution in [3.05, 3.63) is 48.5 Å². The Kier molecular flexibility index (Phi) is 6.85. The number of fused-ring (bicyclic) bond motifs is 1. The highest BCUT2D eigenvalue weighted by molar-refractivity contribution is 5.95. The lowest BCUT2D eigenvalue weighted by Crippen LogP contribution is -2.57. The summed E-state index contributed by atoms with van der Waals surface area (Å²) in [6.45, 7) is 2.77. The van der Waals surface area contributed by atoms with Gasteiger partial charge in [-0.05, 0) is 43.0 Å². The third-order valence-electron chi connectivity index (χ3n) is 6.92. The molecule has 2 aliphatic heterocycles. The average Bonchev–Trinajstić information content (AvgIpc) is 3.56. The number of anilines is 1. The quantitative estimate of drug-likeness (QED) is 0.677. The van der Waals surface area contributed by atoms with Crippen molar-refractivity contribution in [2.75, 3.05) is 44.9 Å². The number of piperazine rings is 1. The van der Waals surface area contributed by atoms with Gasteiger partial charge in [0.05, 0.1) is 6.04 Å². The van der Waals surface area contributed by atoms with Crippen LogP contribution in [0.2, 0.25) is 0 Å². The van der Waals surface area contributed by atoms with Crippen LogP contribution in [0.3, 0.4) is 0 Å². The molecular formula is C26H31N3O5. The molecule has 1 aliphatic carbocycles. The molecule has 3 aliphatic rings. The van der Waals surface area contributed by atoms with Crippen LogP contribution < -0.4 is 19.5 Å². The lowest BCUT2D eigenvalue weighted by atomic mass is 9.95. The summed E-state index contributed by atoms with van der Waals surface area (Å²) in [5, 5.41) is 3.10. The average molecular weight is 466 g/mol. The number of hydrogen-bond acceptors (Lipinski definition) is 6. The maximum atomic E-state index is 13.4. The number of nitrogens with zero attached hydrogens (tertiary/aromatic N) is 2. The molecule has 34 heavy (non-hydrogen) atoms. The zero-order valence-corrected chi connectivity index (χ0v) is 19.3. The number of amides is 2. The van der Waals surface area contributed by atoms with E-state index in [4.69, 9.17) is 14.2 Å². The van der Waals surface area contributed by atoms with E-state index in [2.05, 4.69) is 10.2 Å². The van der Waals surface area contributed by atoms with Crippen molar-refractivity contribution in [2.24, 2.45) is 5.92 Å². The second kappa shape index (κ2) is 10.3. The van der Waals surface area contributed by atoms with Crippen molar-refractivity contribution in [3.8, 4) is 17.2 Å². The van der Waals surface area contributed by atoms with E-state index in [1.807, 2.05) is 53.4 Å². The molecule has 0 aromatic heterocycles. The van der Waals surface area contributed by atoms with Crippen molar-refractivity contribution >= 4 is 17.5 Å². The maximum absolute atomic E-state index is 13.4. The van der Waals surface area contributed by atoms with Gasteiger partial charge in [0.15, 0.2) is 18.1 Å². The Morgan fingerprint density at radius 2 is 1.71 bits per heavy atom. The summed E-state index contributed by atoms with van der Waals surface area (Å²) in [5.41, 5.74) is 0.712. The van der Waals surface area contributed by atoms with Crippen LogP contribution in [0, 0.1) is 5.92 Å². The monoisotopic (exact) mass is 465 g/mol. The molecule has 5 rings (SSSR count). The fourth-order valence-electron chi connectivity index (χ4n) is 5.14. The van der Waals surface area contributed by atoms with E-state index in [-0.39, 0.29) is 31.3 Å². The predicted octanol–water partition coefficient (Wildman–Crippen LogP) is 3.14. The van der Waals surface area contributed by atoms with Crippen molar-refractivity contribution < 1.29 is 23.8 Å². The van der Waals surface area contributed by atoms with Crippen LogP contribution >= 0.6 is 0 Å². The van der Waals surface area contributed by atoms with Gasteiger partial charge in [0.2, 0.25) is 12.7 Å². The zero-order chi connectivity index (χ0) is 23.3. The Bertz CT molecular complexity index is 1000. The van der Waals surface area contributed by atoms with Crippen molar-refractivity contribution in [3.63, 3.8) is 0 Å². The predicted molar refractivity (Wildman–Crippen MR) is 127 cm³/mol. The van der Waals surface area contributed by atoms with Crippen LogP contribution in [0.25, 0.3) is 0 Å². The van der Waals surface area contributed by atoms with Crippen LogP contribution in [-0.2, 0) is 9.59 Å². The molecule has 0 bridgehead atoms. The van der Waals surface area contributed by atoms with Crippen LogP contribution in [0.5, 0.6) is 17.2 Å². The first-order valence-electron chi connectivity index (χ1n) is 12.1. The van der Waals surface area contributed by atoms with E-state index in [1.165, 1.54) is 0 Å². The first-order valence-corrected chi connectivity index (χ1v) is 12.1. The van der Waals surface area contributed by atoms with Gasteiger partial charge in [-0.2, -0.15) is 0 Å². The van der Waals surface area contributed by atoms with Gasteiger partial charge in [-0.15, -0.1) is 0 Å². The normalized spacial score (nSPS) is 19.1. The van der Waals surface area contributed by atoms with Crippen LogP contribution in [-0.4, -0.2) is 67.2 Å². The summed E-state index contributed by atoms with van der Waals surface area (Å²) in [6.07, 6.45) is 4.44. The molecule has 2 fully saturated rings. The number of ether oxygens (including phenoxy) is 3. The van der Waals surface area contributed by atoms with Gasteiger partial charge in [-0.1, -0.05) is 31.0 Å². The van der Waals surface area contributed by atoms with E-state index < -0.39 is 0 Å². The molecule has 8 nitrogen and oxygen atoms in total. The van der Waals surface area contributed by atoms with Crippen LogP contribution in [0.4, 0.5) is 5.69 Å². The number of carbonyl (C=O) groups is 2. The van der Waals surface area contributed by atoms with Crippen molar-refractivity contribution in [1.29, 1.82) is 0 Å². The Hall–Kier alpha value is -3.26. The molecule has 2 aromatic carbocycles. The molecule has 2 amide bonds. The fourth-order valence-corrected chi connectivity index (χ4v) is 5.14. The summed E-state index contributed by atoms with van der Waals surface area (Å²) in [4.78, 5) is 30.2. The molecule has 8 heteroatoms. The molecule has 1 atom stereocenters. The van der Waals surface area contributed by atoms with Gasteiger partial charge in [-0.25, -0.2) is 0 Å². The molecule has 1 saturated heterocycles. The summed E-state index contributed by atoms with van der Waals surface area (Å²) in [6, 6.07) is 14.7. The summed E-state index contributed by atoms with van der Waals surface area (Å²) >= 11 is 0. The number of benzene rings is 2. The van der Waals surface area contributed by atoms with Crippen LogP contribution in [0.1, 0.15) is 25.7 Å². The van der Waals surface area contributed by atoms with E-state index in [0.29, 0.717) is 55.0 Å². The third kappa shape index (κ3) is 5.12. The molecule has 1 unspecified atom stereocenters. The summed E-state index contributed by atoms with van der Waals surface area (Å²) in [7, 11) is 0. The van der Waals surface area contributed by atoms with Gasteiger partial charge in [-0.3, -0.25) is 14.5 Å². The number of para-hydroxylation sites is 1. The maximum Gasteiger partial charge on any atom is 0.260 e. The minimum atomic E-state index is -0.203. The first-order chi connectivity index (χ1) is 16.7. The molecule has 1 N–H and O–H groups in total. The van der Waals surface area contributed by atoms with Crippen molar-refractivity contribution in [2.45, 2.75) is 31.7 Å². The first kappa shape index (κ1) is 22.5. The Labute approximate surface area is 199 Å². The van der Waals surface area contributed by atoms with E-state index in [1.54, 1.807) is 0 Å². The minimum Gasteiger partial charge on any atom is -0.484 e. The minimum absolute atomic E-state index is 0.0120. The highest BCUT2D eigenvalue weighted by atomic mass is 16.7. The topological polar surface area (TPSA) is 80.3 Å². The van der Waals surface area contributed by atoms with Crippen molar-refractivity contribution in [1.82, 2.24) is 9.80 Å². The summed E-state index contributed by atoms with van der Waals surface area (Å²) < 4.78 is 16.4. The Morgan fingerprint density at radius 1 is 0.971 bits per heavy atom. The van der Waals surface area contributed by atoms with E-state index >= 15 is 0 Å². The Balaban J connectivity index is 1.19. The summed E-state index contributed by atoms with van der Waals surface area (Å²) in [5.74, 6) is 2.36. The number of carbonyl (C=O) groups excluding carboxylic acids is 2. The number of nitrogens with one attached hydrogen (secondary N) is 1. The highest BCUT2D eigenvalue weighted by Gasteiger charge is 2.37. The number of hydrogen-bond donors (Lipinski definition) is 1. The van der Waals surface area contributed by atoms with Crippen LogP contribution in [0.15, 0.2) is 48.5 Å². The lowest BCUT2D eigenvalue weighted by Gasteiger charge is -2.40. The Morgan fingerprint density at radius 3 is 2.47 bits per heavy atom. The second-order valence-corrected chi connectivity index (χ2v) is 9.07. The molecular weight excluding hydrogens is 434 g/mol. The standard InChI is InChI=1S/C26H31N3O5/c30-24(17-32-21-8-2-1-3-9-21)28-12-14-29(15-13-28)25(19-6-4-5-7-19)26(31)27-20-10-11-22-23(16-20)34-18-33-22/h1-3,8-11,16,19,25H,4-7,12-15,17-18H2,(H,27,31). The SMILES string of the molecule is O=C(Nc1ccc2c(c1)OCO2)C(C1CCCC1)N1CCN(C(=O)COc2ccccc2)CC1.